The van der Waals surface area contributed by atoms with Gasteiger partial charge in [0.1, 0.15) is 5.82 Å². The maximum Gasteiger partial charge on any atom is 0.235 e. The number of hydrogen-bond donors (Lipinski definition) is 1. The number of amides is 1. The molecule has 2 rings (SSSR count). The van der Waals surface area contributed by atoms with Crippen LogP contribution in [0.4, 0.5) is 10.1 Å². The smallest absolute Gasteiger partial charge is 0.235 e. The van der Waals surface area contributed by atoms with Crippen LogP contribution in [-0.4, -0.2) is 17.0 Å². The van der Waals surface area contributed by atoms with E-state index in [2.05, 4.69) is 21.2 Å². The highest BCUT2D eigenvalue weighted by Crippen LogP contribution is 2.25. The summed E-state index contributed by atoms with van der Waals surface area (Å²) in [4.78, 5) is 24.3. The fraction of sp³-hybridized carbons (Fsp3) is 0.176. The van der Waals surface area contributed by atoms with Crippen LogP contribution in [0.2, 0.25) is 0 Å². The zero-order valence-electron chi connectivity index (χ0n) is 12.0. The van der Waals surface area contributed by atoms with Crippen LogP contribution in [0.15, 0.2) is 42.5 Å². The van der Waals surface area contributed by atoms with Gasteiger partial charge in [0.2, 0.25) is 5.91 Å². The van der Waals surface area contributed by atoms with Crippen molar-refractivity contribution in [2.75, 3.05) is 10.6 Å². The van der Waals surface area contributed by atoms with Gasteiger partial charge in [0.25, 0.3) is 0 Å². The van der Waals surface area contributed by atoms with Crippen LogP contribution >= 0.6 is 15.9 Å². The van der Waals surface area contributed by atoms with Crippen LogP contribution in [0, 0.1) is 5.82 Å². The fourth-order valence-electron chi connectivity index (χ4n) is 2.19. The van der Waals surface area contributed by atoms with E-state index in [9.17, 15) is 14.0 Å². The molecule has 0 unspecified atom stereocenters. The van der Waals surface area contributed by atoms with Crippen molar-refractivity contribution >= 4 is 33.3 Å². The number of anilines is 1. The summed E-state index contributed by atoms with van der Waals surface area (Å²) in [5, 5.41) is 2.84. The number of benzene rings is 2. The number of carbonyl (C=O) groups is 2. The molecule has 2 aromatic carbocycles. The molecule has 0 bridgehead atoms. The second-order valence-corrected chi connectivity index (χ2v) is 5.24. The fourth-order valence-corrected chi connectivity index (χ4v) is 2.34. The second kappa shape index (κ2) is 7.31. The minimum Gasteiger partial charge on any atom is -0.324 e. The monoisotopic (exact) mass is 363 g/mol. The van der Waals surface area contributed by atoms with E-state index < -0.39 is 11.6 Å². The highest BCUT2D eigenvalue weighted by Gasteiger charge is 2.19. The molecule has 0 fully saturated rings. The molecular formula is C17H15BrFNO2. The molecule has 0 aliphatic rings. The van der Waals surface area contributed by atoms with Crippen LogP contribution in [0.25, 0.3) is 0 Å². The molecule has 1 amide bonds. The average Bonchev–Trinajstić information content (AvgIpc) is 2.54. The number of halogens is 2. The van der Waals surface area contributed by atoms with Crippen LogP contribution in [-0.2, 0) is 11.2 Å². The van der Waals surface area contributed by atoms with E-state index in [1.54, 1.807) is 18.2 Å². The molecule has 1 N–H and O–H groups in total. The first-order valence-electron chi connectivity index (χ1n) is 6.85. The van der Waals surface area contributed by atoms with E-state index in [0.717, 1.165) is 5.56 Å². The summed E-state index contributed by atoms with van der Waals surface area (Å²) in [6, 6.07) is 11.0. The number of ketones is 1. The van der Waals surface area contributed by atoms with Gasteiger partial charge in [-0.3, -0.25) is 9.59 Å². The lowest BCUT2D eigenvalue weighted by Gasteiger charge is -2.14. The van der Waals surface area contributed by atoms with Gasteiger partial charge in [-0.05, 0) is 30.2 Å². The summed E-state index contributed by atoms with van der Waals surface area (Å²) in [7, 11) is 0. The molecule has 0 radical (unpaired) electrons. The highest BCUT2D eigenvalue weighted by atomic mass is 79.9. The Bertz CT molecular complexity index is 716. The molecule has 114 valence electrons. The van der Waals surface area contributed by atoms with Crippen LogP contribution in [0.1, 0.15) is 28.4 Å². The molecule has 0 saturated carbocycles. The van der Waals surface area contributed by atoms with Gasteiger partial charge < -0.3 is 5.32 Å². The molecule has 0 aliphatic carbocycles. The lowest BCUT2D eigenvalue weighted by atomic mass is 9.97. The number of nitrogens with one attached hydrogen (secondary N) is 1. The minimum absolute atomic E-state index is 0.00917. The standard InChI is InChI=1S/C17H15BrFNO2/c1-2-11-6-5-8-13(16(11)20-15(21)10-18)17(22)12-7-3-4-9-14(12)19/h3-9H,2,10H2,1H3,(H,20,21). The first-order chi connectivity index (χ1) is 10.6. The van der Waals surface area contributed by atoms with Gasteiger partial charge in [-0.25, -0.2) is 4.39 Å². The Morgan fingerprint density at radius 1 is 1.09 bits per heavy atom. The van der Waals surface area contributed by atoms with Crippen molar-refractivity contribution in [3.05, 3.63) is 65.0 Å². The topological polar surface area (TPSA) is 46.2 Å². The number of aryl methyl sites for hydroxylation is 1. The molecule has 0 saturated heterocycles. The maximum atomic E-state index is 13.9. The van der Waals surface area contributed by atoms with Crippen molar-refractivity contribution in [3.63, 3.8) is 0 Å². The van der Waals surface area contributed by atoms with Gasteiger partial charge >= 0.3 is 0 Å². The van der Waals surface area contributed by atoms with Crippen molar-refractivity contribution in [2.24, 2.45) is 0 Å². The number of hydrogen-bond acceptors (Lipinski definition) is 2. The number of para-hydroxylation sites is 1. The van der Waals surface area contributed by atoms with Gasteiger partial charge in [0.05, 0.1) is 16.6 Å². The van der Waals surface area contributed by atoms with Gasteiger partial charge in [-0.1, -0.05) is 47.1 Å². The highest BCUT2D eigenvalue weighted by molar-refractivity contribution is 9.09. The summed E-state index contributed by atoms with van der Waals surface area (Å²) < 4.78 is 13.9. The summed E-state index contributed by atoms with van der Waals surface area (Å²) in [5.41, 5.74) is 1.56. The normalized spacial score (nSPS) is 10.3. The summed E-state index contributed by atoms with van der Waals surface area (Å²) in [5.74, 6) is -1.28. The first-order valence-corrected chi connectivity index (χ1v) is 7.97. The zero-order chi connectivity index (χ0) is 16.1. The van der Waals surface area contributed by atoms with Crippen molar-refractivity contribution in [3.8, 4) is 0 Å². The average molecular weight is 364 g/mol. The number of rotatable bonds is 5. The van der Waals surface area contributed by atoms with Crippen molar-refractivity contribution < 1.29 is 14.0 Å². The second-order valence-electron chi connectivity index (χ2n) is 4.68. The van der Waals surface area contributed by atoms with E-state index in [1.165, 1.54) is 18.2 Å². The van der Waals surface area contributed by atoms with Crippen molar-refractivity contribution in [1.29, 1.82) is 0 Å². The van der Waals surface area contributed by atoms with Gasteiger partial charge in [-0.15, -0.1) is 0 Å². The van der Waals surface area contributed by atoms with Gasteiger partial charge in [0.15, 0.2) is 5.78 Å². The summed E-state index contributed by atoms with van der Waals surface area (Å²) in [6.45, 7) is 1.93. The van der Waals surface area contributed by atoms with Crippen molar-refractivity contribution in [1.82, 2.24) is 0 Å². The van der Waals surface area contributed by atoms with E-state index in [4.69, 9.17) is 0 Å². The third kappa shape index (κ3) is 3.42. The predicted molar refractivity (Wildman–Crippen MR) is 88.1 cm³/mol. The Morgan fingerprint density at radius 3 is 2.41 bits per heavy atom. The first kappa shape index (κ1) is 16.4. The Labute approximate surface area is 136 Å². The zero-order valence-corrected chi connectivity index (χ0v) is 13.6. The molecule has 0 aliphatic heterocycles. The molecule has 0 heterocycles. The molecule has 0 atom stereocenters. The minimum atomic E-state index is -0.577. The Hall–Kier alpha value is -2.01. The molecule has 22 heavy (non-hydrogen) atoms. The number of carbonyl (C=O) groups excluding carboxylic acids is 2. The quantitative estimate of drug-likeness (QED) is 0.645. The number of alkyl halides is 1. The molecular weight excluding hydrogens is 349 g/mol. The summed E-state index contributed by atoms with van der Waals surface area (Å²) >= 11 is 3.08. The van der Waals surface area contributed by atoms with E-state index in [-0.39, 0.29) is 16.8 Å². The van der Waals surface area contributed by atoms with Crippen LogP contribution < -0.4 is 5.32 Å². The van der Waals surface area contributed by atoms with E-state index in [0.29, 0.717) is 17.7 Å². The van der Waals surface area contributed by atoms with Gasteiger partial charge in [0, 0.05) is 5.56 Å². The third-order valence-electron chi connectivity index (χ3n) is 3.28. The molecule has 2 aromatic rings. The van der Waals surface area contributed by atoms with Crippen molar-refractivity contribution in [2.45, 2.75) is 13.3 Å². The van der Waals surface area contributed by atoms with Gasteiger partial charge in [-0.2, -0.15) is 0 Å². The summed E-state index contributed by atoms with van der Waals surface area (Å²) in [6.07, 6.45) is 0.649. The lowest BCUT2D eigenvalue weighted by Crippen LogP contribution is -2.17. The molecule has 0 spiro atoms. The third-order valence-corrected chi connectivity index (χ3v) is 3.79. The van der Waals surface area contributed by atoms with E-state index in [1.807, 2.05) is 13.0 Å². The largest absolute Gasteiger partial charge is 0.324 e. The molecule has 5 heteroatoms. The Balaban J connectivity index is 2.52. The Kier molecular flexibility index (Phi) is 5.44. The SMILES string of the molecule is CCc1cccc(C(=O)c2ccccc2F)c1NC(=O)CBr. The molecule has 0 aromatic heterocycles. The molecule has 3 nitrogen and oxygen atoms in total. The van der Waals surface area contributed by atoms with Crippen LogP contribution in [0.3, 0.4) is 0 Å². The predicted octanol–water partition coefficient (Wildman–Crippen LogP) is 3.95. The maximum absolute atomic E-state index is 13.9. The lowest BCUT2D eigenvalue weighted by molar-refractivity contribution is -0.113. The Morgan fingerprint density at radius 2 is 1.77 bits per heavy atom. The van der Waals surface area contributed by atoms with Crippen LogP contribution in [0.5, 0.6) is 0 Å². The van der Waals surface area contributed by atoms with E-state index >= 15 is 0 Å².